The summed E-state index contributed by atoms with van der Waals surface area (Å²) in [4.78, 5) is 0. The average molecular weight is 289 g/mol. The summed E-state index contributed by atoms with van der Waals surface area (Å²) in [7, 11) is 3.23. The van der Waals surface area contributed by atoms with Crippen molar-refractivity contribution < 1.29 is 13.9 Å². The zero-order valence-corrected chi connectivity index (χ0v) is 12.5. The smallest absolute Gasteiger partial charge is 0.161 e. The van der Waals surface area contributed by atoms with E-state index in [0.717, 1.165) is 11.1 Å². The van der Waals surface area contributed by atoms with E-state index in [4.69, 9.17) is 9.47 Å². The monoisotopic (exact) mass is 289 g/mol. The number of hydrogen-bond acceptors (Lipinski definition) is 3. The summed E-state index contributed by atoms with van der Waals surface area (Å²) < 4.78 is 23.7. The van der Waals surface area contributed by atoms with Crippen LogP contribution >= 0.6 is 0 Å². The number of rotatable bonds is 6. The first-order valence-electron chi connectivity index (χ1n) is 6.83. The summed E-state index contributed by atoms with van der Waals surface area (Å²) in [6.45, 7) is 2.67. The first kappa shape index (κ1) is 15.3. The molecule has 2 aromatic carbocycles. The molecule has 2 rings (SSSR count). The molecule has 2 aromatic rings. The molecule has 0 radical (unpaired) electrons. The Morgan fingerprint density at radius 3 is 2.48 bits per heavy atom. The Morgan fingerprint density at radius 2 is 1.81 bits per heavy atom. The zero-order chi connectivity index (χ0) is 15.2. The van der Waals surface area contributed by atoms with Crippen molar-refractivity contribution in [3.63, 3.8) is 0 Å². The summed E-state index contributed by atoms with van der Waals surface area (Å²) in [5.41, 5.74) is 2.01. The quantitative estimate of drug-likeness (QED) is 0.879. The van der Waals surface area contributed by atoms with Crippen LogP contribution in [0.5, 0.6) is 11.5 Å². The highest BCUT2D eigenvalue weighted by atomic mass is 19.1. The molecule has 0 aliphatic rings. The molecule has 1 atom stereocenters. The average Bonchev–Trinajstić information content (AvgIpc) is 2.52. The lowest BCUT2D eigenvalue weighted by molar-refractivity contribution is 0.354. The predicted molar refractivity (Wildman–Crippen MR) is 81.2 cm³/mol. The van der Waals surface area contributed by atoms with Crippen molar-refractivity contribution in [1.82, 2.24) is 5.32 Å². The number of nitrogens with one attached hydrogen (secondary N) is 1. The van der Waals surface area contributed by atoms with Gasteiger partial charge in [0.1, 0.15) is 5.82 Å². The van der Waals surface area contributed by atoms with Gasteiger partial charge in [-0.15, -0.1) is 0 Å². The molecule has 1 N–H and O–H groups in total. The molecule has 112 valence electrons. The molecule has 0 amide bonds. The highest BCUT2D eigenvalue weighted by Crippen LogP contribution is 2.27. The Labute approximate surface area is 124 Å². The van der Waals surface area contributed by atoms with E-state index in [-0.39, 0.29) is 11.9 Å². The second-order valence-corrected chi connectivity index (χ2v) is 4.85. The first-order valence-corrected chi connectivity index (χ1v) is 6.83. The van der Waals surface area contributed by atoms with Gasteiger partial charge in [-0.25, -0.2) is 4.39 Å². The van der Waals surface area contributed by atoms with Crippen LogP contribution in [0.15, 0.2) is 42.5 Å². The third-order valence-electron chi connectivity index (χ3n) is 3.41. The molecule has 0 saturated heterocycles. The molecule has 0 aliphatic carbocycles. The van der Waals surface area contributed by atoms with Crippen LogP contribution in [0.4, 0.5) is 4.39 Å². The third kappa shape index (κ3) is 3.95. The van der Waals surface area contributed by atoms with Crippen molar-refractivity contribution in [1.29, 1.82) is 0 Å². The molecular formula is C17H20FNO2. The fraction of sp³-hybridized carbons (Fsp3) is 0.294. The number of halogens is 1. The summed E-state index contributed by atoms with van der Waals surface area (Å²) in [6.07, 6.45) is 0. The number of methoxy groups -OCH3 is 2. The van der Waals surface area contributed by atoms with Crippen molar-refractivity contribution in [3.8, 4) is 11.5 Å². The minimum absolute atomic E-state index is 0.0637. The van der Waals surface area contributed by atoms with Crippen molar-refractivity contribution in [2.45, 2.75) is 19.5 Å². The van der Waals surface area contributed by atoms with E-state index in [1.54, 1.807) is 26.4 Å². The van der Waals surface area contributed by atoms with Crippen LogP contribution in [-0.2, 0) is 6.54 Å². The standard InChI is InChI=1S/C17H20FNO2/c1-12(14-5-4-6-15(18)10-14)19-11-13-7-8-16(20-2)17(9-13)21-3/h4-10,12,19H,11H2,1-3H3/t12-/m0/s1. The lowest BCUT2D eigenvalue weighted by Crippen LogP contribution is -2.18. The van der Waals surface area contributed by atoms with Crippen LogP contribution in [0.2, 0.25) is 0 Å². The minimum atomic E-state index is -0.215. The van der Waals surface area contributed by atoms with Gasteiger partial charge in [-0.1, -0.05) is 18.2 Å². The maximum atomic E-state index is 13.2. The van der Waals surface area contributed by atoms with E-state index in [1.807, 2.05) is 31.2 Å². The highest BCUT2D eigenvalue weighted by molar-refractivity contribution is 5.42. The molecule has 0 heterocycles. The first-order chi connectivity index (χ1) is 10.1. The largest absolute Gasteiger partial charge is 0.493 e. The molecule has 4 heteroatoms. The SMILES string of the molecule is COc1ccc(CN[C@@H](C)c2cccc(F)c2)cc1OC. The summed E-state index contributed by atoms with van der Waals surface area (Å²) in [6, 6.07) is 12.5. The Kier molecular flexibility index (Phi) is 5.17. The molecule has 3 nitrogen and oxygen atoms in total. The van der Waals surface area contributed by atoms with Gasteiger partial charge >= 0.3 is 0 Å². The van der Waals surface area contributed by atoms with Gasteiger partial charge in [0.2, 0.25) is 0 Å². The molecule has 0 bridgehead atoms. The van der Waals surface area contributed by atoms with Gasteiger partial charge in [0.15, 0.2) is 11.5 Å². The number of benzene rings is 2. The van der Waals surface area contributed by atoms with Crippen LogP contribution < -0.4 is 14.8 Å². The second kappa shape index (κ2) is 7.09. The highest BCUT2D eigenvalue weighted by Gasteiger charge is 2.08. The number of ether oxygens (including phenoxy) is 2. The lowest BCUT2D eigenvalue weighted by Gasteiger charge is -2.15. The van der Waals surface area contributed by atoms with Gasteiger partial charge in [-0.3, -0.25) is 0 Å². The van der Waals surface area contributed by atoms with E-state index < -0.39 is 0 Å². The maximum Gasteiger partial charge on any atom is 0.161 e. The van der Waals surface area contributed by atoms with Crippen molar-refractivity contribution in [2.24, 2.45) is 0 Å². The van der Waals surface area contributed by atoms with Gasteiger partial charge in [-0.2, -0.15) is 0 Å². The van der Waals surface area contributed by atoms with E-state index in [1.165, 1.54) is 6.07 Å². The predicted octanol–water partition coefficient (Wildman–Crippen LogP) is 3.69. The lowest BCUT2D eigenvalue weighted by atomic mass is 10.1. The number of hydrogen-bond donors (Lipinski definition) is 1. The molecule has 0 saturated carbocycles. The normalized spacial score (nSPS) is 12.0. The fourth-order valence-electron chi connectivity index (χ4n) is 2.16. The van der Waals surface area contributed by atoms with E-state index in [0.29, 0.717) is 18.0 Å². The van der Waals surface area contributed by atoms with Crippen LogP contribution in [0, 0.1) is 5.82 Å². The Bertz CT molecular complexity index is 601. The van der Waals surface area contributed by atoms with E-state index in [2.05, 4.69) is 5.32 Å². The Morgan fingerprint density at radius 1 is 1.05 bits per heavy atom. The molecule has 21 heavy (non-hydrogen) atoms. The van der Waals surface area contributed by atoms with Crippen molar-refractivity contribution in [3.05, 3.63) is 59.4 Å². The Hall–Kier alpha value is -2.07. The van der Waals surface area contributed by atoms with Gasteiger partial charge in [-0.05, 0) is 42.3 Å². The summed E-state index contributed by atoms with van der Waals surface area (Å²) in [5, 5.41) is 3.37. The summed E-state index contributed by atoms with van der Waals surface area (Å²) in [5.74, 6) is 1.20. The minimum Gasteiger partial charge on any atom is -0.493 e. The summed E-state index contributed by atoms with van der Waals surface area (Å²) >= 11 is 0. The zero-order valence-electron chi connectivity index (χ0n) is 12.5. The maximum absolute atomic E-state index is 13.2. The third-order valence-corrected chi connectivity index (χ3v) is 3.41. The molecule has 0 spiro atoms. The van der Waals surface area contributed by atoms with E-state index >= 15 is 0 Å². The van der Waals surface area contributed by atoms with Crippen LogP contribution in [0.1, 0.15) is 24.1 Å². The van der Waals surface area contributed by atoms with Gasteiger partial charge < -0.3 is 14.8 Å². The molecule has 0 aromatic heterocycles. The van der Waals surface area contributed by atoms with Crippen molar-refractivity contribution >= 4 is 0 Å². The second-order valence-electron chi connectivity index (χ2n) is 4.85. The topological polar surface area (TPSA) is 30.5 Å². The van der Waals surface area contributed by atoms with Gasteiger partial charge in [0.25, 0.3) is 0 Å². The van der Waals surface area contributed by atoms with Crippen LogP contribution in [-0.4, -0.2) is 14.2 Å². The van der Waals surface area contributed by atoms with Crippen LogP contribution in [0.25, 0.3) is 0 Å². The fourth-order valence-corrected chi connectivity index (χ4v) is 2.16. The van der Waals surface area contributed by atoms with Gasteiger partial charge in [0, 0.05) is 12.6 Å². The molecule has 0 aliphatic heterocycles. The van der Waals surface area contributed by atoms with Gasteiger partial charge in [0.05, 0.1) is 14.2 Å². The van der Waals surface area contributed by atoms with Crippen molar-refractivity contribution in [2.75, 3.05) is 14.2 Å². The molecular weight excluding hydrogens is 269 g/mol. The molecule has 0 unspecified atom stereocenters. The molecule has 0 fully saturated rings. The van der Waals surface area contributed by atoms with E-state index in [9.17, 15) is 4.39 Å². The Balaban J connectivity index is 2.02. The van der Waals surface area contributed by atoms with Crippen LogP contribution in [0.3, 0.4) is 0 Å².